The van der Waals surface area contributed by atoms with E-state index in [0.29, 0.717) is 0 Å². The van der Waals surface area contributed by atoms with Crippen LogP contribution in [-0.2, 0) is 5.88 Å². The fourth-order valence-corrected chi connectivity index (χ4v) is 3.32. The first kappa shape index (κ1) is 18.3. The van der Waals surface area contributed by atoms with Gasteiger partial charge in [0.05, 0.1) is 0 Å². The van der Waals surface area contributed by atoms with Crippen LogP contribution < -0.4 is 17.0 Å². The predicted octanol–water partition coefficient (Wildman–Crippen LogP) is 2.18. The third kappa shape index (κ3) is 6.71. The van der Waals surface area contributed by atoms with Gasteiger partial charge in [-0.05, 0) is 23.6 Å². The van der Waals surface area contributed by atoms with Gasteiger partial charge in [-0.2, -0.15) is 4.57 Å². The third-order valence-electron chi connectivity index (χ3n) is 3.63. The lowest BCUT2D eigenvalue weighted by Crippen LogP contribution is -3.00. The van der Waals surface area contributed by atoms with E-state index in [0.717, 1.165) is 5.88 Å². The lowest BCUT2D eigenvalue weighted by atomic mass is 10.1. The molecule has 1 nitrogen and oxygen atoms in total. The van der Waals surface area contributed by atoms with Crippen molar-refractivity contribution in [2.75, 3.05) is 5.75 Å². The second kappa shape index (κ2) is 10.9. The second-order valence-electron chi connectivity index (χ2n) is 5.39. The van der Waals surface area contributed by atoms with Crippen LogP contribution in [0.4, 0.5) is 0 Å². The molecule has 0 atom stereocenters. The van der Waals surface area contributed by atoms with Gasteiger partial charge < -0.3 is 12.4 Å². The van der Waals surface area contributed by atoms with E-state index in [1.807, 2.05) is 11.8 Å². The highest BCUT2D eigenvalue weighted by atomic mass is 35.5. The topological polar surface area (TPSA) is 3.88 Å². The number of hydrogen-bond acceptors (Lipinski definition) is 1. The number of pyridine rings is 1. The van der Waals surface area contributed by atoms with Crippen molar-refractivity contribution in [1.82, 2.24) is 0 Å². The van der Waals surface area contributed by atoms with Crippen molar-refractivity contribution in [2.45, 2.75) is 51.3 Å². The number of thioether (sulfide) groups is 1. The number of unbranched alkanes of at least 4 members (excludes halogenated alkanes) is 5. The average molecular weight is 324 g/mol. The molecule has 0 bridgehead atoms. The molecule has 2 aromatic rings. The maximum atomic E-state index is 2.30. The lowest BCUT2D eigenvalue weighted by molar-refractivity contribution is -0.674. The molecule has 1 aromatic carbocycles. The van der Waals surface area contributed by atoms with E-state index in [1.165, 1.54) is 55.1 Å². The van der Waals surface area contributed by atoms with E-state index in [4.69, 9.17) is 0 Å². The average Bonchev–Trinajstić information content (AvgIpc) is 2.50. The summed E-state index contributed by atoms with van der Waals surface area (Å²) < 4.78 is 2.30. The minimum Gasteiger partial charge on any atom is -1.00 e. The van der Waals surface area contributed by atoms with Gasteiger partial charge in [0.2, 0.25) is 0 Å². The molecule has 0 aliphatic carbocycles. The molecule has 0 spiro atoms. The molecule has 0 aliphatic rings. The number of aromatic nitrogens is 1. The fourth-order valence-electron chi connectivity index (χ4n) is 2.41. The molecule has 2 rings (SSSR count). The van der Waals surface area contributed by atoms with Gasteiger partial charge in [0.15, 0.2) is 18.3 Å². The summed E-state index contributed by atoms with van der Waals surface area (Å²) in [6.07, 6.45) is 12.8. The van der Waals surface area contributed by atoms with Gasteiger partial charge in [0.1, 0.15) is 0 Å². The molecule has 0 saturated heterocycles. The maximum Gasteiger partial charge on any atom is 0.194 e. The zero-order chi connectivity index (χ0) is 14.0. The molecule has 1 aromatic heterocycles. The largest absolute Gasteiger partial charge is 1.00 e. The Morgan fingerprint density at radius 3 is 2.43 bits per heavy atom. The highest BCUT2D eigenvalue weighted by Gasteiger charge is 2.02. The molecule has 21 heavy (non-hydrogen) atoms. The van der Waals surface area contributed by atoms with Crippen molar-refractivity contribution in [2.24, 2.45) is 0 Å². The van der Waals surface area contributed by atoms with E-state index in [1.54, 1.807) is 0 Å². The van der Waals surface area contributed by atoms with Crippen LogP contribution in [0.3, 0.4) is 0 Å². The molecular weight excluding hydrogens is 298 g/mol. The van der Waals surface area contributed by atoms with Crippen LogP contribution in [0.2, 0.25) is 0 Å². The highest BCUT2D eigenvalue weighted by Crippen LogP contribution is 2.12. The fraction of sp³-hybridized carbons (Fsp3) is 0.500. The maximum absolute atomic E-state index is 2.30. The molecule has 0 N–H and O–H groups in total. The van der Waals surface area contributed by atoms with E-state index < -0.39 is 0 Å². The standard InChI is InChI=1S/C18H26NS.ClH/c1-2-3-4-5-6-9-14-20-16-19-13-12-17-10-7-8-11-18(17)15-19;/h7-8,10-13,15H,2-6,9,14,16H2,1H3;1H/q+1;/p-1. The smallest absolute Gasteiger partial charge is 0.194 e. The van der Waals surface area contributed by atoms with Crippen LogP contribution >= 0.6 is 11.8 Å². The van der Waals surface area contributed by atoms with E-state index >= 15 is 0 Å². The minimum absolute atomic E-state index is 0. The predicted molar refractivity (Wildman–Crippen MR) is 90.0 cm³/mol. The van der Waals surface area contributed by atoms with Crippen molar-refractivity contribution in [3.63, 3.8) is 0 Å². The molecule has 0 saturated carbocycles. The van der Waals surface area contributed by atoms with Crippen LogP contribution in [0.15, 0.2) is 42.7 Å². The normalized spacial score (nSPS) is 10.5. The van der Waals surface area contributed by atoms with E-state index in [-0.39, 0.29) is 12.4 Å². The number of benzene rings is 1. The summed E-state index contributed by atoms with van der Waals surface area (Å²) in [5, 5.41) is 2.65. The lowest BCUT2D eigenvalue weighted by Gasteiger charge is -2.01. The summed E-state index contributed by atoms with van der Waals surface area (Å²) in [6.45, 7) is 2.27. The minimum atomic E-state index is 0. The van der Waals surface area contributed by atoms with Gasteiger partial charge in [0, 0.05) is 11.5 Å². The van der Waals surface area contributed by atoms with Crippen LogP contribution in [-0.4, -0.2) is 5.75 Å². The Labute approximate surface area is 139 Å². The molecular formula is C18H26ClNS. The van der Waals surface area contributed by atoms with Gasteiger partial charge in [-0.1, -0.05) is 69.0 Å². The first-order chi connectivity index (χ1) is 9.90. The summed E-state index contributed by atoms with van der Waals surface area (Å²) in [4.78, 5) is 0. The summed E-state index contributed by atoms with van der Waals surface area (Å²) >= 11 is 2.04. The molecule has 0 aliphatic heterocycles. The Morgan fingerprint density at radius 1 is 0.905 bits per heavy atom. The number of nitrogens with zero attached hydrogens (tertiary/aromatic N) is 1. The Morgan fingerprint density at radius 2 is 1.62 bits per heavy atom. The van der Waals surface area contributed by atoms with Gasteiger partial charge in [-0.15, -0.1) is 0 Å². The van der Waals surface area contributed by atoms with Crippen LogP contribution in [0.5, 0.6) is 0 Å². The van der Waals surface area contributed by atoms with E-state index in [9.17, 15) is 0 Å². The summed E-state index contributed by atoms with van der Waals surface area (Å²) in [5.74, 6) is 2.35. The zero-order valence-electron chi connectivity index (χ0n) is 12.9. The van der Waals surface area contributed by atoms with Gasteiger partial charge >= 0.3 is 0 Å². The monoisotopic (exact) mass is 323 g/mol. The van der Waals surface area contributed by atoms with Crippen LogP contribution in [0.25, 0.3) is 10.8 Å². The molecule has 116 valence electrons. The number of fused-ring (bicyclic) bond motifs is 1. The first-order valence-corrected chi connectivity index (χ1v) is 9.01. The van der Waals surface area contributed by atoms with E-state index in [2.05, 4.69) is 54.2 Å². The Kier molecular flexibility index (Phi) is 9.53. The van der Waals surface area contributed by atoms with Crippen molar-refractivity contribution in [3.8, 4) is 0 Å². The SMILES string of the molecule is CCCCCCCCSC[n+]1ccc2ccccc2c1.[Cl-]. The number of hydrogen-bond donors (Lipinski definition) is 0. The number of rotatable bonds is 9. The van der Waals surface area contributed by atoms with Crippen molar-refractivity contribution >= 4 is 22.5 Å². The first-order valence-electron chi connectivity index (χ1n) is 7.86. The Bertz CT molecular complexity index is 515. The Balaban J connectivity index is 0.00000220. The highest BCUT2D eigenvalue weighted by molar-refractivity contribution is 7.98. The number of halogens is 1. The quantitative estimate of drug-likeness (QED) is 0.505. The Hall–Kier alpha value is -0.730. The van der Waals surface area contributed by atoms with Gasteiger partial charge in [-0.3, -0.25) is 0 Å². The summed E-state index contributed by atoms with van der Waals surface area (Å²) in [6, 6.07) is 10.8. The third-order valence-corrected chi connectivity index (χ3v) is 4.69. The zero-order valence-corrected chi connectivity index (χ0v) is 14.5. The van der Waals surface area contributed by atoms with Crippen LogP contribution in [0, 0.1) is 0 Å². The molecule has 0 amide bonds. The molecule has 1 heterocycles. The summed E-state index contributed by atoms with van der Waals surface area (Å²) in [7, 11) is 0. The summed E-state index contributed by atoms with van der Waals surface area (Å²) in [5.41, 5.74) is 0. The molecule has 0 fully saturated rings. The molecule has 0 radical (unpaired) electrons. The van der Waals surface area contributed by atoms with Gasteiger partial charge in [0.25, 0.3) is 0 Å². The van der Waals surface area contributed by atoms with Gasteiger partial charge in [-0.25, -0.2) is 0 Å². The van der Waals surface area contributed by atoms with Crippen LogP contribution in [0.1, 0.15) is 45.4 Å². The second-order valence-corrected chi connectivity index (χ2v) is 6.47. The van der Waals surface area contributed by atoms with Crippen molar-refractivity contribution in [1.29, 1.82) is 0 Å². The molecule has 3 heteroatoms. The van der Waals surface area contributed by atoms with Crippen molar-refractivity contribution < 1.29 is 17.0 Å². The van der Waals surface area contributed by atoms with Crippen molar-refractivity contribution in [3.05, 3.63) is 42.7 Å². The molecule has 0 unspecified atom stereocenters.